The van der Waals surface area contributed by atoms with Gasteiger partial charge >= 0.3 is 0 Å². The number of hydrogen-bond acceptors (Lipinski definition) is 4. The van der Waals surface area contributed by atoms with Gasteiger partial charge in [-0.15, -0.1) is 12.4 Å². The predicted molar refractivity (Wildman–Crippen MR) is 114 cm³/mol. The Hall–Kier alpha value is -1.75. The highest BCUT2D eigenvalue weighted by Crippen LogP contribution is 2.42. The first-order valence-corrected chi connectivity index (χ1v) is 10.0. The normalized spacial score (nSPS) is 21.2. The minimum absolute atomic E-state index is 0. The third kappa shape index (κ3) is 4.29. The highest BCUT2D eigenvalue weighted by molar-refractivity contribution is 5.85. The largest absolute Gasteiger partial charge is 0.493 e. The van der Waals surface area contributed by atoms with Crippen molar-refractivity contribution >= 4 is 12.4 Å². The summed E-state index contributed by atoms with van der Waals surface area (Å²) < 4.78 is 18.0. The van der Waals surface area contributed by atoms with Crippen LogP contribution in [0.25, 0.3) is 0 Å². The molecule has 1 saturated heterocycles. The van der Waals surface area contributed by atoms with Crippen molar-refractivity contribution in [3.05, 3.63) is 59.2 Å². The predicted octanol–water partition coefficient (Wildman–Crippen LogP) is 4.79. The fourth-order valence-corrected chi connectivity index (χ4v) is 4.37. The number of benzene rings is 2. The van der Waals surface area contributed by atoms with E-state index in [0.717, 1.165) is 49.6 Å². The molecule has 1 heterocycles. The van der Waals surface area contributed by atoms with Crippen LogP contribution in [-0.2, 0) is 17.8 Å². The molecule has 0 saturated carbocycles. The molecule has 4 nitrogen and oxygen atoms in total. The number of ether oxygens (including phenoxy) is 3. The summed E-state index contributed by atoms with van der Waals surface area (Å²) in [4.78, 5) is 2.60. The molecule has 4 rings (SSSR count). The van der Waals surface area contributed by atoms with Crippen LogP contribution in [0.4, 0.5) is 0 Å². The van der Waals surface area contributed by atoms with Gasteiger partial charge in [0.25, 0.3) is 0 Å². The fraction of sp³-hybridized carbons (Fsp3) is 0.478. The van der Waals surface area contributed by atoms with Gasteiger partial charge in [0.1, 0.15) is 6.61 Å². The second-order valence-electron chi connectivity index (χ2n) is 7.41. The molecule has 0 unspecified atom stereocenters. The molecule has 2 aliphatic rings. The Morgan fingerprint density at radius 1 is 1.14 bits per heavy atom. The number of fused-ring (bicyclic) bond motifs is 3. The molecule has 0 radical (unpaired) electrons. The zero-order valence-electron chi connectivity index (χ0n) is 16.7. The summed E-state index contributed by atoms with van der Waals surface area (Å²) in [7, 11) is 1.71. The monoisotopic (exact) mass is 403 g/mol. The molecule has 1 aliphatic carbocycles. The Balaban J connectivity index is 0.00000225. The summed E-state index contributed by atoms with van der Waals surface area (Å²) in [6, 6.07) is 15.0. The van der Waals surface area contributed by atoms with Gasteiger partial charge in [0, 0.05) is 12.6 Å². The van der Waals surface area contributed by atoms with Gasteiger partial charge in [-0.2, -0.15) is 0 Å². The van der Waals surface area contributed by atoms with Crippen molar-refractivity contribution in [3.8, 4) is 11.5 Å². The first-order chi connectivity index (χ1) is 13.3. The van der Waals surface area contributed by atoms with Crippen LogP contribution in [0.3, 0.4) is 0 Å². The molecule has 0 amide bonds. The first kappa shape index (κ1) is 21.0. The topological polar surface area (TPSA) is 30.9 Å². The zero-order chi connectivity index (χ0) is 18.6. The molecule has 2 atom stereocenters. The van der Waals surface area contributed by atoms with E-state index in [4.69, 9.17) is 14.2 Å². The van der Waals surface area contributed by atoms with Crippen LogP contribution < -0.4 is 9.47 Å². The molecular formula is C23H30ClNO3. The van der Waals surface area contributed by atoms with E-state index in [1.54, 1.807) is 7.11 Å². The first-order valence-electron chi connectivity index (χ1n) is 10.0. The van der Waals surface area contributed by atoms with Crippen molar-refractivity contribution in [1.82, 2.24) is 4.90 Å². The summed E-state index contributed by atoms with van der Waals surface area (Å²) in [5, 5.41) is 0. The maximum Gasteiger partial charge on any atom is 0.161 e. The minimum Gasteiger partial charge on any atom is -0.493 e. The van der Waals surface area contributed by atoms with Crippen LogP contribution in [0.1, 0.15) is 42.6 Å². The Bertz CT molecular complexity index is 766. The molecule has 1 fully saturated rings. The van der Waals surface area contributed by atoms with E-state index < -0.39 is 0 Å². The van der Waals surface area contributed by atoms with Gasteiger partial charge in [-0.25, -0.2) is 0 Å². The van der Waals surface area contributed by atoms with Crippen molar-refractivity contribution < 1.29 is 14.2 Å². The summed E-state index contributed by atoms with van der Waals surface area (Å²) in [6.07, 6.45) is 3.53. The molecule has 0 bridgehead atoms. The van der Waals surface area contributed by atoms with E-state index in [2.05, 4.69) is 36.1 Å². The lowest BCUT2D eigenvalue weighted by molar-refractivity contribution is -0.0802. The molecule has 2 aromatic carbocycles. The number of morpholine rings is 1. The SMILES string of the molecule is CCCN1CCO[C@@H]2c3cc(OC)c(OCc4ccccc4)cc3CC[C@H]21.Cl. The van der Waals surface area contributed by atoms with E-state index in [-0.39, 0.29) is 18.5 Å². The van der Waals surface area contributed by atoms with Gasteiger partial charge in [-0.3, -0.25) is 4.90 Å². The fourth-order valence-electron chi connectivity index (χ4n) is 4.37. The number of aryl methyl sites for hydroxylation is 1. The highest BCUT2D eigenvalue weighted by Gasteiger charge is 2.37. The number of halogens is 1. The zero-order valence-corrected chi connectivity index (χ0v) is 17.5. The summed E-state index contributed by atoms with van der Waals surface area (Å²) >= 11 is 0. The van der Waals surface area contributed by atoms with E-state index in [1.807, 2.05) is 18.2 Å². The third-order valence-electron chi connectivity index (χ3n) is 5.68. The maximum absolute atomic E-state index is 6.22. The quantitative estimate of drug-likeness (QED) is 0.693. The van der Waals surface area contributed by atoms with Crippen LogP contribution in [0.2, 0.25) is 0 Å². The van der Waals surface area contributed by atoms with Crippen LogP contribution in [0.15, 0.2) is 42.5 Å². The van der Waals surface area contributed by atoms with Gasteiger partial charge in [-0.05, 0) is 54.6 Å². The second-order valence-corrected chi connectivity index (χ2v) is 7.41. The minimum atomic E-state index is 0. The van der Waals surface area contributed by atoms with Gasteiger partial charge in [0.15, 0.2) is 11.5 Å². The van der Waals surface area contributed by atoms with Gasteiger partial charge < -0.3 is 14.2 Å². The van der Waals surface area contributed by atoms with Crippen molar-refractivity contribution in [2.75, 3.05) is 26.8 Å². The van der Waals surface area contributed by atoms with Crippen molar-refractivity contribution in [2.45, 2.75) is 44.9 Å². The Morgan fingerprint density at radius 3 is 2.71 bits per heavy atom. The van der Waals surface area contributed by atoms with E-state index in [0.29, 0.717) is 12.6 Å². The highest BCUT2D eigenvalue weighted by atomic mass is 35.5. The lowest BCUT2D eigenvalue weighted by atomic mass is 9.83. The van der Waals surface area contributed by atoms with Crippen LogP contribution in [-0.4, -0.2) is 37.7 Å². The summed E-state index contributed by atoms with van der Waals surface area (Å²) in [5.74, 6) is 1.61. The van der Waals surface area contributed by atoms with E-state index >= 15 is 0 Å². The van der Waals surface area contributed by atoms with Crippen LogP contribution >= 0.6 is 12.4 Å². The Kier molecular flexibility index (Phi) is 7.22. The van der Waals surface area contributed by atoms with Gasteiger partial charge in [-0.1, -0.05) is 37.3 Å². The third-order valence-corrected chi connectivity index (χ3v) is 5.68. The van der Waals surface area contributed by atoms with Crippen molar-refractivity contribution in [1.29, 1.82) is 0 Å². The summed E-state index contributed by atoms with van der Waals surface area (Å²) in [5.41, 5.74) is 3.76. The number of hydrogen-bond donors (Lipinski definition) is 0. The molecule has 152 valence electrons. The standard InChI is InChI=1S/C23H29NO3.ClH/c1-3-11-24-12-13-26-23-19-15-21(25-2)22(14-18(19)9-10-20(23)24)27-16-17-7-5-4-6-8-17;/h4-8,14-15,20,23H,3,9-13,16H2,1-2H3;1H/t20-,23-;/m1./s1. The Labute approximate surface area is 174 Å². The average Bonchev–Trinajstić information content (AvgIpc) is 2.72. The molecule has 28 heavy (non-hydrogen) atoms. The van der Waals surface area contributed by atoms with Crippen LogP contribution in [0, 0.1) is 0 Å². The molecule has 0 spiro atoms. The number of nitrogens with zero attached hydrogens (tertiary/aromatic N) is 1. The number of methoxy groups -OCH3 is 1. The van der Waals surface area contributed by atoms with E-state index in [1.165, 1.54) is 17.5 Å². The molecule has 0 aromatic heterocycles. The summed E-state index contributed by atoms with van der Waals surface area (Å²) in [6.45, 7) is 5.79. The van der Waals surface area contributed by atoms with E-state index in [9.17, 15) is 0 Å². The molecule has 2 aromatic rings. The van der Waals surface area contributed by atoms with Gasteiger partial charge in [0.2, 0.25) is 0 Å². The smallest absolute Gasteiger partial charge is 0.161 e. The molecule has 5 heteroatoms. The second kappa shape index (κ2) is 9.64. The number of rotatable bonds is 6. The molecular weight excluding hydrogens is 374 g/mol. The lowest BCUT2D eigenvalue weighted by Gasteiger charge is -2.44. The van der Waals surface area contributed by atoms with Crippen molar-refractivity contribution in [2.24, 2.45) is 0 Å². The lowest BCUT2D eigenvalue weighted by Crippen LogP contribution is -2.49. The molecule has 0 N–H and O–H groups in total. The maximum atomic E-state index is 6.22. The van der Waals surface area contributed by atoms with Gasteiger partial charge in [0.05, 0.1) is 19.8 Å². The Morgan fingerprint density at radius 2 is 1.96 bits per heavy atom. The van der Waals surface area contributed by atoms with Crippen LogP contribution in [0.5, 0.6) is 11.5 Å². The van der Waals surface area contributed by atoms with Crippen molar-refractivity contribution in [3.63, 3.8) is 0 Å². The molecule has 1 aliphatic heterocycles. The average molecular weight is 404 g/mol.